The largest absolute Gasteiger partial charge is 0.462 e. The molecule has 6 unspecified atom stereocenters. The second kappa shape index (κ2) is 24.2. The lowest BCUT2D eigenvalue weighted by molar-refractivity contribution is -0.305. The van der Waals surface area contributed by atoms with Gasteiger partial charge in [0.05, 0.1) is 13.2 Å². The maximum absolute atomic E-state index is 12.5. The minimum absolute atomic E-state index is 0.212. The number of unbranched alkanes of at least 4 members (excludes halogenated alkanes) is 14. The quantitative estimate of drug-likeness (QED) is 0.0893. The Balaban J connectivity index is 2.48. The van der Waals surface area contributed by atoms with Crippen LogP contribution in [-0.4, -0.2) is 89.0 Å². The summed E-state index contributed by atoms with van der Waals surface area (Å²) in [5.41, 5.74) is 0. The Morgan fingerprint density at radius 2 is 1.15 bits per heavy atom. The smallest absolute Gasteiger partial charge is 0.306 e. The predicted octanol–water partition coefficient (Wildman–Crippen LogP) is 4.32. The van der Waals surface area contributed by atoms with E-state index in [9.17, 15) is 30.0 Å². The lowest BCUT2D eigenvalue weighted by Gasteiger charge is -2.39. The van der Waals surface area contributed by atoms with E-state index >= 15 is 0 Å². The molecule has 0 radical (unpaired) electrons. The average molecular weight is 591 g/mol. The minimum Gasteiger partial charge on any atom is -0.462 e. The molecule has 10 nitrogen and oxygen atoms in total. The molecule has 0 amide bonds. The van der Waals surface area contributed by atoms with Crippen LogP contribution in [0.1, 0.15) is 129 Å². The van der Waals surface area contributed by atoms with E-state index < -0.39 is 49.4 Å². The van der Waals surface area contributed by atoms with Gasteiger partial charge in [-0.05, 0) is 12.8 Å². The number of hydrogen-bond acceptors (Lipinski definition) is 10. The van der Waals surface area contributed by atoms with Gasteiger partial charge in [0.25, 0.3) is 0 Å². The van der Waals surface area contributed by atoms with Crippen molar-refractivity contribution in [2.75, 3.05) is 19.8 Å². The molecule has 4 N–H and O–H groups in total. The number of hydrogen-bond donors (Lipinski definition) is 4. The predicted molar refractivity (Wildman–Crippen MR) is 155 cm³/mol. The van der Waals surface area contributed by atoms with Crippen molar-refractivity contribution in [2.45, 2.75) is 166 Å². The molecule has 0 aliphatic carbocycles. The summed E-state index contributed by atoms with van der Waals surface area (Å²) in [4.78, 5) is 24.8. The molecule has 1 rings (SSSR count). The summed E-state index contributed by atoms with van der Waals surface area (Å²) in [5.74, 6) is -0.817. The number of esters is 2. The number of aliphatic hydroxyl groups is 4. The van der Waals surface area contributed by atoms with Gasteiger partial charge in [-0.1, -0.05) is 104 Å². The highest BCUT2D eigenvalue weighted by Crippen LogP contribution is 2.22. The van der Waals surface area contributed by atoms with Crippen LogP contribution in [0.3, 0.4) is 0 Å². The van der Waals surface area contributed by atoms with Gasteiger partial charge in [0.2, 0.25) is 0 Å². The maximum Gasteiger partial charge on any atom is 0.306 e. The summed E-state index contributed by atoms with van der Waals surface area (Å²) < 4.78 is 21.8. The first-order chi connectivity index (χ1) is 19.8. The van der Waals surface area contributed by atoms with Crippen LogP contribution in [0.25, 0.3) is 0 Å². The Morgan fingerprint density at radius 3 is 1.66 bits per heavy atom. The van der Waals surface area contributed by atoms with Crippen molar-refractivity contribution in [1.82, 2.24) is 0 Å². The van der Waals surface area contributed by atoms with Crippen molar-refractivity contribution >= 4 is 11.9 Å². The van der Waals surface area contributed by atoms with Crippen LogP contribution in [0, 0.1) is 0 Å². The summed E-state index contributed by atoms with van der Waals surface area (Å²) in [6.07, 6.45) is 10.1. The SMILES string of the molecule is CCCCCCCCCCCCC(=O)OC(COC(=O)CCCCCCCC)COC1OC(CO)C(O)C(O)C1O. The van der Waals surface area contributed by atoms with E-state index in [1.807, 2.05) is 0 Å². The lowest BCUT2D eigenvalue weighted by Crippen LogP contribution is -2.59. The van der Waals surface area contributed by atoms with Crippen molar-refractivity contribution in [3.8, 4) is 0 Å². The first-order valence-electron chi connectivity index (χ1n) is 16.1. The number of ether oxygens (including phenoxy) is 4. The summed E-state index contributed by atoms with van der Waals surface area (Å²) in [6.45, 7) is 3.30. The van der Waals surface area contributed by atoms with E-state index in [0.717, 1.165) is 51.4 Å². The van der Waals surface area contributed by atoms with E-state index in [4.69, 9.17) is 18.9 Å². The van der Waals surface area contributed by atoms with Crippen LogP contribution < -0.4 is 0 Å². The van der Waals surface area contributed by atoms with Crippen LogP contribution in [-0.2, 0) is 28.5 Å². The zero-order chi connectivity index (χ0) is 30.3. The fourth-order valence-corrected chi connectivity index (χ4v) is 4.83. The Hall–Kier alpha value is -1.30. The van der Waals surface area contributed by atoms with E-state index in [1.165, 1.54) is 44.9 Å². The van der Waals surface area contributed by atoms with Crippen molar-refractivity contribution < 1.29 is 49.0 Å². The Labute approximate surface area is 247 Å². The lowest BCUT2D eigenvalue weighted by atomic mass is 9.99. The second-order valence-electron chi connectivity index (χ2n) is 11.3. The molecule has 1 aliphatic rings. The molecule has 6 atom stereocenters. The highest BCUT2D eigenvalue weighted by atomic mass is 16.7. The van der Waals surface area contributed by atoms with Gasteiger partial charge in [0, 0.05) is 12.8 Å². The van der Waals surface area contributed by atoms with E-state index in [-0.39, 0.29) is 32.0 Å². The number of rotatable bonds is 25. The second-order valence-corrected chi connectivity index (χ2v) is 11.3. The third kappa shape index (κ3) is 17.4. The number of carbonyl (C=O) groups is 2. The van der Waals surface area contributed by atoms with E-state index in [0.29, 0.717) is 6.42 Å². The summed E-state index contributed by atoms with van der Waals surface area (Å²) >= 11 is 0. The molecular weight excluding hydrogens is 532 g/mol. The molecule has 0 bridgehead atoms. The molecule has 1 aliphatic heterocycles. The average Bonchev–Trinajstić information content (AvgIpc) is 2.96. The Morgan fingerprint density at radius 1 is 0.659 bits per heavy atom. The van der Waals surface area contributed by atoms with Crippen LogP contribution in [0.4, 0.5) is 0 Å². The molecular formula is C31H58O10. The van der Waals surface area contributed by atoms with Gasteiger partial charge >= 0.3 is 11.9 Å². The van der Waals surface area contributed by atoms with Gasteiger partial charge < -0.3 is 39.4 Å². The van der Waals surface area contributed by atoms with Gasteiger partial charge in [-0.25, -0.2) is 0 Å². The normalized spacial score (nSPS) is 23.3. The van der Waals surface area contributed by atoms with Crippen molar-refractivity contribution in [3.63, 3.8) is 0 Å². The third-order valence-corrected chi connectivity index (χ3v) is 7.49. The van der Waals surface area contributed by atoms with E-state index in [1.54, 1.807) is 0 Å². The maximum atomic E-state index is 12.5. The summed E-state index contributed by atoms with van der Waals surface area (Å²) in [5, 5.41) is 39.6. The van der Waals surface area contributed by atoms with Gasteiger partial charge in [0.1, 0.15) is 31.0 Å². The van der Waals surface area contributed by atoms with Crippen molar-refractivity contribution in [1.29, 1.82) is 0 Å². The Bertz CT molecular complexity index is 659. The first kappa shape index (κ1) is 37.7. The zero-order valence-corrected chi connectivity index (χ0v) is 25.6. The van der Waals surface area contributed by atoms with Gasteiger partial charge in [-0.15, -0.1) is 0 Å². The molecule has 0 aromatic heterocycles. The third-order valence-electron chi connectivity index (χ3n) is 7.49. The van der Waals surface area contributed by atoms with Crippen LogP contribution >= 0.6 is 0 Å². The Kier molecular flexibility index (Phi) is 22.2. The molecule has 0 aromatic carbocycles. The summed E-state index contributed by atoms with van der Waals surface area (Å²) in [7, 11) is 0. The number of carbonyl (C=O) groups excluding carboxylic acids is 2. The monoisotopic (exact) mass is 590 g/mol. The molecule has 0 saturated carbocycles. The molecule has 10 heteroatoms. The summed E-state index contributed by atoms with van der Waals surface area (Å²) in [6, 6.07) is 0. The molecule has 1 heterocycles. The highest BCUT2D eigenvalue weighted by molar-refractivity contribution is 5.70. The fraction of sp³-hybridized carbons (Fsp3) is 0.935. The highest BCUT2D eigenvalue weighted by Gasteiger charge is 2.44. The van der Waals surface area contributed by atoms with Crippen molar-refractivity contribution in [2.24, 2.45) is 0 Å². The van der Waals surface area contributed by atoms with Gasteiger partial charge in [0.15, 0.2) is 12.4 Å². The molecule has 1 saturated heterocycles. The topological polar surface area (TPSA) is 152 Å². The fourth-order valence-electron chi connectivity index (χ4n) is 4.83. The van der Waals surface area contributed by atoms with Crippen molar-refractivity contribution in [3.05, 3.63) is 0 Å². The van der Waals surface area contributed by atoms with Crippen LogP contribution in [0.15, 0.2) is 0 Å². The van der Waals surface area contributed by atoms with Crippen LogP contribution in [0.2, 0.25) is 0 Å². The first-order valence-corrected chi connectivity index (χ1v) is 16.1. The number of aliphatic hydroxyl groups excluding tert-OH is 4. The zero-order valence-electron chi connectivity index (χ0n) is 25.6. The van der Waals surface area contributed by atoms with Gasteiger partial charge in [-0.2, -0.15) is 0 Å². The molecule has 242 valence electrons. The molecule has 41 heavy (non-hydrogen) atoms. The van der Waals surface area contributed by atoms with Gasteiger partial charge in [-0.3, -0.25) is 9.59 Å². The molecule has 1 fully saturated rings. The minimum atomic E-state index is -1.58. The molecule has 0 spiro atoms. The van der Waals surface area contributed by atoms with E-state index in [2.05, 4.69) is 13.8 Å². The van der Waals surface area contributed by atoms with Crippen LogP contribution in [0.5, 0.6) is 0 Å². The standard InChI is InChI=1S/C31H58O10/c1-3-5-7-9-11-12-13-14-16-18-20-27(34)40-24(22-38-26(33)19-17-15-10-8-6-4-2)23-39-31-30(37)29(36)28(35)25(21-32)41-31/h24-25,28-32,35-37H,3-23H2,1-2H3. The molecule has 0 aromatic rings.